The molecule has 0 saturated carbocycles. The van der Waals surface area contributed by atoms with Crippen LogP contribution in [0.5, 0.6) is 0 Å². The van der Waals surface area contributed by atoms with Crippen LogP contribution in [0.4, 0.5) is 0 Å². The van der Waals surface area contributed by atoms with Crippen molar-refractivity contribution < 1.29 is 8.42 Å². The molecule has 0 spiro atoms. The fourth-order valence-corrected chi connectivity index (χ4v) is 7.62. The topological polar surface area (TPSA) is 46.5 Å². The number of rotatable bonds is 2. The summed E-state index contributed by atoms with van der Waals surface area (Å²) in [5, 5.41) is 0. The molecule has 0 saturated heterocycles. The van der Waals surface area contributed by atoms with E-state index in [0.29, 0.717) is 17.1 Å². The molecule has 0 aliphatic carbocycles. The maximum atomic E-state index is 13.5. The average Bonchev–Trinajstić information content (AvgIpc) is 2.45. The van der Waals surface area contributed by atoms with Crippen LogP contribution in [0.25, 0.3) is 0 Å². The van der Waals surface area contributed by atoms with Gasteiger partial charge in [0, 0.05) is 28.5 Å². The summed E-state index contributed by atoms with van der Waals surface area (Å²) >= 11 is 0. The van der Waals surface area contributed by atoms with E-state index in [2.05, 4.69) is 4.36 Å². The van der Waals surface area contributed by atoms with Crippen LogP contribution in [0.3, 0.4) is 0 Å². The molecule has 5 heteroatoms. The number of benzene rings is 1. The predicted octanol–water partition coefficient (Wildman–Crippen LogP) is 3.35. The molecule has 1 aliphatic heterocycles. The monoisotopic (exact) mass is 311 g/mol. The van der Waals surface area contributed by atoms with Gasteiger partial charge < -0.3 is 0 Å². The van der Waals surface area contributed by atoms with E-state index in [1.807, 2.05) is 51.1 Å². The minimum atomic E-state index is -2.72. The molecule has 0 N–H and O–H groups in total. The van der Waals surface area contributed by atoms with Crippen molar-refractivity contribution in [3.05, 3.63) is 41.5 Å². The zero-order valence-corrected chi connectivity index (χ0v) is 14.0. The van der Waals surface area contributed by atoms with E-state index in [9.17, 15) is 8.42 Å². The lowest BCUT2D eigenvalue weighted by Gasteiger charge is -2.36. The second-order valence-corrected chi connectivity index (χ2v) is 10.3. The third-order valence-electron chi connectivity index (χ3n) is 4.05. The highest BCUT2D eigenvalue weighted by molar-refractivity contribution is 8.08. The summed E-state index contributed by atoms with van der Waals surface area (Å²) in [6.45, 7) is 5.88. The Morgan fingerprint density at radius 2 is 1.80 bits per heavy atom. The molecule has 110 valence electrons. The number of hydrogen-bond donors (Lipinski definition) is 0. The van der Waals surface area contributed by atoms with E-state index in [1.54, 1.807) is 7.05 Å². The number of hydrogen-bond acceptors (Lipinski definition) is 3. The van der Waals surface area contributed by atoms with Gasteiger partial charge in [-0.3, -0.25) is 4.21 Å². The summed E-state index contributed by atoms with van der Waals surface area (Å²) in [5.41, 5.74) is 2.33. The summed E-state index contributed by atoms with van der Waals surface area (Å²) in [6.07, 6.45) is 0.566. The Hall–Kier alpha value is -0.940. The Kier molecular flexibility index (Phi) is 4.21. The summed E-state index contributed by atoms with van der Waals surface area (Å²) < 4.78 is 29.6. The molecule has 0 bridgehead atoms. The largest absolute Gasteiger partial charge is 0.258 e. The van der Waals surface area contributed by atoms with Gasteiger partial charge in [0.15, 0.2) is 0 Å². The Labute approximate surface area is 124 Å². The van der Waals surface area contributed by atoms with Gasteiger partial charge in [0.1, 0.15) is 4.08 Å². The second-order valence-electron chi connectivity index (χ2n) is 5.38. The molecule has 2 rings (SSSR count). The first-order chi connectivity index (χ1) is 9.35. The lowest BCUT2D eigenvalue weighted by molar-refractivity contribution is 0.631. The van der Waals surface area contributed by atoms with Crippen molar-refractivity contribution in [2.45, 2.75) is 36.2 Å². The van der Waals surface area contributed by atoms with Crippen LogP contribution in [-0.4, -0.2) is 25.3 Å². The van der Waals surface area contributed by atoms with Gasteiger partial charge in [0.25, 0.3) is 0 Å². The SMILES string of the molecule is CN=[S@](=O)(c1ccccc1)[C@@]1(C)CC(C)=C(C)C[S@]1=O. The fourth-order valence-electron chi connectivity index (χ4n) is 2.56. The van der Waals surface area contributed by atoms with Crippen LogP contribution in [0.2, 0.25) is 0 Å². The standard InChI is InChI=1S/C15H21NO2S2/c1-12-10-15(3,19(17)11-13(12)2)20(18,16-4)14-8-6-5-7-9-14/h5-9H,10-11H2,1-4H3/t15-,19+,20-/m0/s1. The second kappa shape index (κ2) is 5.45. The van der Waals surface area contributed by atoms with E-state index >= 15 is 0 Å². The molecule has 0 radical (unpaired) electrons. The Morgan fingerprint density at radius 3 is 2.35 bits per heavy atom. The molecule has 1 aromatic rings. The lowest BCUT2D eigenvalue weighted by atomic mass is 10.1. The first-order valence-electron chi connectivity index (χ1n) is 6.59. The van der Waals surface area contributed by atoms with Crippen molar-refractivity contribution in [2.24, 2.45) is 4.36 Å². The van der Waals surface area contributed by atoms with Gasteiger partial charge >= 0.3 is 0 Å². The van der Waals surface area contributed by atoms with Crippen molar-refractivity contribution in [3.8, 4) is 0 Å². The molecule has 1 aliphatic rings. The molecule has 0 amide bonds. The van der Waals surface area contributed by atoms with E-state index < -0.39 is 24.6 Å². The van der Waals surface area contributed by atoms with Gasteiger partial charge in [-0.1, -0.05) is 29.3 Å². The van der Waals surface area contributed by atoms with Gasteiger partial charge in [-0.05, 0) is 39.3 Å². The minimum Gasteiger partial charge on any atom is -0.258 e. The molecule has 3 nitrogen and oxygen atoms in total. The normalized spacial score (nSPS) is 29.9. The minimum absolute atomic E-state index is 0.488. The zero-order chi connectivity index (χ0) is 15.0. The van der Waals surface area contributed by atoms with Crippen molar-refractivity contribution in [3.63, 3.8) is 0 Å². The Balaban J connectivity index is 2.64. The van der Waals surface area contributed by atoms with Gasteiger partial charge in [-0.25, -0.2) is 8.57 Å². The van der Waals surface area contributed by atoms with E-state index in [-0.39, 0.29) is 0 Å². The van der Waals surface area contributed by atoms with Crippen LogP contribution in [0, 0.1) is 0 Å². The molecule has 3 atom stereocenters. The highest BCUT2D eigenvalue weighted by Crippen LogP contribution is 2.40. The molecule has 0 fully saturated rings. The van der Waals surface area contributed by atoms with Crippen molar-refractivity contribution in [1.29, 1.82) is 0 Å². The van der Waals surface area contributed by atoms with Crippen LogP contribution in [0.15, 0.2) is 50.7 Å². The Bertz CT molecular complexity index is 685. The number of nitrogens with zero attached hydrogens (tertiary/aromatic N) is 1. The molecule has 0 unspecified atom stereocenters. The fraction of sp³-hybridized carbons (Fsp3) is 0.467. The van der Waals surface area contributed by atoms with Crippen molar-refractivity contribution in [1.82, 2.24) is 0 Å². The van der Waals surface area contributed by atoms with E-state index in [4.69, 9.17) is 0 Å². The lowest BCUT2D eigenvalue weighted by Crippen LogP contribution is -2.43. The highest BCUT2D eigenvalue weighted by atomic mass is 32.3. The van der Waals surface area contributed by atoms with Crippen molar-refractivity contribution in [2.75, 3.05) is 12.8 Å². The molecule has 1 heterocycles. The molecule has 20 heavy (non-hydrogen) atoms. The smallest absolute Gasteiger partial charge is 0.134 e. The molecular weight excluding hydrogens is 290 g/mol. The van der Waals surface area contributed by atoms with Crippen LogP contribution in [-0.2, 0) is 20.5 Å². The maximum absolute atomic E-state index is 13.5. The van der Waals surface area contributed by atoms with Crippen LogP contribution >= 0.6 is 0 Å². The van der Waals surface area contributed by atoms with Crippen LogP contribution in [0.1, 0.15) is 27.2 Å². The average molecular weight is 311 g/mol. The first-order valence-corrected chi connectivity index (χ1v) is 9.42. The van der Waals surface area contributed by atoms with Gasteiger partial charge in [-0.2, -0.15) is 0 Å². The van der Waals surface area contributed by atoms with Gasteiger partial charge in [0.2, 0.25) is 0 Å². The summed E-state index contributed by atoms with van der Waals surface area (Å²) in [6, 6.07) is 9.22. The van der Waals surface area contributed by atoms with Gasteiger partial charge in [0.05, 0.1) is 9.73 Å². The summed E-state index contributed by atoms with van der Waals surface area (Å²) in [5.74, 6) is 0.488. The third-order valence-corrected chi connectivity index (χ3v) is 9.83. The zero-order valence-electron chi connectivity index (χ0n) is 12.4. The Morgan fingerprint density at radius 1 is 1.20 bits per heavy atom. The number of allylic oxidation sites excluding steroid dienone is 1. The highest BCUT2D eigenvalue weighted by Gasteiger charge is 2.45. The molecule has 1 aromatic carbocycles. The van der Waals surface area contributed by atoms with Gasteiger partial charge in [-0.15, -0.1) is 0 Å². The first kappa shape index (κ1) is 15.4. The van der Waals surface area contributed by atoms with E-state index in [0.717, 1.165) is 5.57 Å². The van der Waals surface area contributed by atoms with E-state index in [1.165, 1.54) is 5.57 Å². The predicted molar refractivity (Wildman–Crippen MR) is 85.6 cm³/mol. The van der Waals surface area contributed by atoms with Crippen molar-refractivity contribution >= 4 is 20.5 Å². The summed E-state index contributed by atoms with van der Waals surface area (Å²) in [7, 11) is -2.35. The third kappa shape index (κ3) is 2.27. The summed E-state index contributed by atoms with van der Waals surface area (Å²) in [4.78, 5) is 0.672. The maximum Gasteiger partial charge on any atom is 0.134 e. The molecule has 0 aromatic heterocycles. The molecular formula is C15H21NO2S2. The quantitative estimate of drug-likeness (QED) is 0.786. The van der Waals surface area contributed by atoms with Crippen LogP contribution < -0.4 is 0 Å².